The summed E-state index contributed by atoms with van der Waals surface area (Å²) in [5, 5.41) is 7.40. The van der Waals surface area contributed by atoms with Gasteiger partial charge in [0.15, 0.2) is 0 Å². The smallest absolute Gasteiger partial charge is 0.0750 e. The van der Waals surface area contributed by atoms with Gasteiger partial charge in [-0.3, -0.25) is 0 Å². The molecule has 1 fully saturated rings. The second-order valence-corrected chi connectivity index (χ2v) is 2.23. The van der Waals surface area contributed by atoms with Crippen LogP contribution in [0.15, 0.2) is 11.8 Å². The molecule has 0 saturated carbocycles. The van der Waals surface area contributed by atoms with Crippen molar-refractivity contribution in [1.82, 2.24) is 0 Å². The number of hydrogen-bond donors (Lipinski definition) is 3. The van der Waals surface area contributed by atoms with E-state index in [1.165, 1.54) is 6.20 Å². The van der Waals surface area contributed by atoms with E-state index in [4.69, 9.17) is 21.6 Å². The Bertz CT molecular complexity index is 176. The van der Waals surface area contributed by atoms with Gasteiger partial charge in [-0.25, -0.2) is 0 Å². The van der Waals surface area contributed by atoms with E-state index in [0.717, 1.165) is 0 Å². The molecule has 0 aliphatic carbocycles. The van der Waals surface area contributed by atoms with Crippen LogP contribution < -0.4 is 11.5 Å². The van der Waals surface area contributed by atoms with E-state index in [0.29, 0.717) is 24.5 Å². The zero-order valence-corrected chi connectivity index (χ0v) is 5.63. The zero-order valence-electron chi connectivity index (χ0n) is 5.63. The highest BCUT2D eigenvalue weighted by Crippen LogP contribution is 2.05. The summed E-state index contributed by atoms with van der Waals surface area (Å²) in [5.41, 5.74) is 11.8. The van der Waals surface area contributed by atoms with E-state index in [1.807, 2.05) is 0 Å². The second kappa shape index (κ2) is 2.81. The number of hydrogen-bond acceptors (Lipinski definition) is 4. The quantitative estimate of drug-likeness (QED) is 0.413. The fourth-order valence-corrected chi connectivity index (χ4v) is 0.833. The molecule has 4 heteroatoms. The van der Waals surface area contributed by atoms with Crippen LogP contribution in [0.25, 0.3) is 0 Å². The van der Waals surface area contributed by atoms with Crippen LogP contribution in [0.2, 0.25) is 0 Å². The maximum absolute atomic E-state index is 7.40. The molecule has 4 nitrogen and oxygen atoms in total. The molecule has 1 atom stereocenters. The van der Waals surface area contributed by atoms with Crippen molar-refractivity contribution >= 4 is 5.71 Å². The van der Waals surface area contributed by atoms with Crippen molar-refractivity contribution in [3.63, 3.8) is 0 Å². The molecule has 0 bridgehead atoms. The highest BCUT2D eigenvalue weighted by molar-refractivity contribution is 6.02. The van der Waals surface area contributed by atoms with Gasteiger partial charge in [-0.1, -0.05) is 0 Å². The number of nitrogens with one attached hydrogen (secondary N) is 1. The van der Waals surface area contributed by atoms with Crippen LogP contribution in [-0.4, -0.2) is 25.0 Å². The molecule has 1 heterocycles. The van der Waals surface area contributed by atoms with Crippen molar-refractivity contribution in [3.05, 3.63) is 11.8 Å². The van der Waals surface area contributed by atoms with Crippen molar-refractivity contribution < 1.29 is 4.74 Å². The first-order valence-corrected chi connectivity index (χ1v) is 3.08. The maximum atomic E-state index is 7.40. The lowest BCUT2D eigenvalue weighted by atomic mass is 10.0. The SMILES string of the molecule is N=C1/C(=C\N)COCC1N. The number of ether oxygens (including phenoxy) is 1. The van der Waals surface area contributed by atoms with Crippen LogP contribution in [0.1, 0.15) is 0 Å². The van der Waals surface area contributed by atoms with Gasteiger partial charge in [0, 0.05) is 11.8 Å². The molecule has 5 N–H and O–H groups in total. The molecular weight excluding hydrogens is 130 g/mol. The summed E-state index contributed by atoms with van der Waals surface area (Å²) in [4.78, 5) is 0. The van der Waals surface area contributed by atoms with Gasteiger partial charge in [0.1, 0.15) is 0 Å². The van der Waals surface area contributed by atoms with Crippen molar-refractivity contribution in [2.45, 2.75) is 6.04 Å². The lowest BCUT2D eigenvalue weighted by Crippen LogP contribution is -2.41. The first-order valence-electron chi connectivity index (χ1n) is 3.08. The lowest BCUT2D eigenvalue weighted by molar-refractivity contribution is 0.146. The van der Waals surface area contributed by atoms with Crippen LogP contribution in [0, 0.1) is 5.41 Å². The Labute approximate surface area is 59.3 Å². The molecule has 0 spiro atoms. The van der Waals surface area contributed by atoms with Crippen LogP contribution in [0.3, 0.4) is 0 Å². The molecule has 1 saturated heterocycles. The largest absolute Gasteiger partial charge is 0.404 e. The molecule has 0 aromatic heterocycles. The van der Waals surface area contributed by atoms with Crippen molar-refractivity contribution in [1.29, 1.82) is 5.41 Å². The van der Waals surface area contributed by atoms with Crippen molar-refractivity contribution in [2.75, 3.05) is 13.2 Å². The Morgan fingerprint density at radius 3 is 2.90 bits per heavy atom. The summed E-state index contributed by atoms with van der Waals surface area (Å²) in [7, 11) is 0. The van der Waals surface area contributed by atoms with Gasteiger partial charge in [0.05, 0.1) is 25.0 Å². The standard InChI is InChI=1S/C6H11N3O/c7-1-4-2-10-3-5(8)6(4)9/h1,5,9H,2-3,7-8H2/b4-1-,9-6?. The first kappa shape index (κ1) is 7.24. The van der Waals surface area contributed by atoms with Gasteiger partial charge in [0.2, 0.25) is 0 Å². The van der Waals surface area contributed by atoms with E-state index in [2.05, 4.69) is 0 Å². The highest BCUT2D eigenvalue weighted by atomic mass is 16.5. The van der Waals surface area contributed by atoms with E-state index >= 15 is 0 Å². The molecule has 1 aliphatic rings. The van der Waals surface area contributed by atoms with Gasteiger partial charge < -0.3 is 21.6 Å². The molecular formula is C6H11N3O. The molecule has 1 rings (SSSR count). The number of nitrogens with two attached hydrogens (primary N) is 2. The normalized spacial score (nSPS) is 31.1. The Kier molecular flexibility index (Phi) is 2.03. The summed E-state index contributed by atoms with van der Waals surface area (Å²) >= 11 is 0. The maximum Gasteiger partial charge on any atom is 0.0750 e. The monoisotopic (exact) mass is 141 g/mol. The Hall–Kier alpha value is -0.870. The average molecular weight is 141 g/mol. The lowest BCUT2D eigenvalue weighted by Gasteiger charge is -2.21. The predicted octanol–water partition coefficient (Wildman–Crippen LogP) is -0.794. The molecule has 0 amide bonds. The first-order chi connectivity index (χ1) is 4.75. The van der Waals surface area contributed by atoms with Gasteiger partial charge in [-0.15, -0.1) is 0 Å². The zero-order chi connectivity index (χ0) is 7.56. The minimum Gasteiger partial charge on any atom is -0.404 e. The summed E-state index contributed by atoms with van der Waals surface area (Å²) in [6.45, 7) is 0.846. The Balaban J connectivity index is 2.69. The van der Waals surface area contributed by atoms with Gasteiger partial charge in [-0.2, -0.15) is 0 Å². The summed E-state index contributed by atoms with van der Waals surface area (Å²) in [5.74, 6) is 0. The molecule has 56 valence electrons. The Morgan fingerprint density at radius 2 is 2.40 bits per heavy atom. The minimum absolute atomic E-state index is 0.302. The Morgan fingerprint density at radius 1 is 1.70 bits per heavy atom. The van der Waals surface area contributed by atoms with Crippen LogP contribution in [0.4, 0.5) is 0 Å². The summed E-state index contributed by atoms with van der Waals surface area (Å²) < 4.78 is 5.04. The van der Waals surface area contributed by atoms with Gasteiger partial charge >= 0.3 is 0 Å². The molecule has 1 unspecified atom stereocenters. The fourth-order valence-electron chi connectivity index (χ4n) is 0.833. The van der Waals surface area contributed by atoms with Crippen LogP contribution in [0.5, 0.6) is 0 Å². The van der Waals surface area contributed by atoms with Crippen LogP contribution >= 0.6 is 0 Å². The summed E-state index contributed by atoms with van der Waals surface area (Å²) in [6, 6.07) is -0.302. The molecule has 0 radical (unpaired) electrons. The fraction of sp³-hybridized carbons (Fsp3) is 0.500. The predicted molar refractivity (Wildman–Crippen MR) is 38.8 cm³/mol. The van der Waals surface area contributed by atoms with Crippen LogP contribution in [-0.2, 0) is 4.74 Å². The topological polar surface area (TPSA) is 85.1 Å². The van der Waals surface area contributed by atoms with Gasteiger partial charge in [-0.05, 0) is 0 Å². The molecule has 1 aliphatic heterocycles. The molecule has 0 aromatic carbocycles. The van der Waals surface area contributed by atoms with Crippen molar-refractivity contribution in [3.8, 4) is 0 Å². The van der Waals surface area contributed by atoms with E-state index in [9.17, 15) is 0 Å². The minimum atomic E-state index is -0.302. The third kappa shape index (κ3) is 1.17. The van der Waals surface area contributed by atoms with E-state index in [-0.39, 0.29) is 6.04 Å². The summed E-state index contributed by atoms with van der Waals surface area (Å²) in [6.07, 6.45) is 1.38. The van der Waals surface area contributed by atoms with E-state index in [1.54, 1.807) is 0 Å². The highest BCUT2D eigenvalue weighted by Gasteiger charge is 2.19. The van der Waals surface area contributed by atoms with Gasteiger partial charge in [0.25, 0.3) is 0 Å². The van der Waals surface area contributed by atoms with E-state index < -0.39 is 0 Å². The molecule has 0 aromatic rings. The van der Waals surface area contributed by atoms with Crippen molar-refractivity contribution in [2.24, 2.45) is 11.5 Å². The number of rotatable bonds is 0. The third-order valence-corrected chi connectivity index (χ3v) is 1.47. The average Bonchev–Trinajstić information content (AvgIpc) is 1.95. The third-order valence-electron chi connectivity index (χ3n) is 1.47. The second-order valence-electron chi connectivity index (χ2n) is 2.23. The molecule has 10 heavy (non-hydrogen) atoms.